The molecule has 0 amide bonds. The van der Waals surface area contributed by atoms with Gasteiger partial charge >= 0.3 is 7.25 Å². The molecular weight excluding hydrogens is 521 g/mol. The number of fused-ring (bicyclic) bond motifs is 6. The van der Waals surface area contributed by atoms with E-state index in [1.165, 1.54) is 67.0 Å². The van der Waals surface area contributed by atoms with Crippen LogP contribution in [-0.2, 0) is 32.2 Å². The smallest absolute Gasteiger partial charge is 0.418 e. The maximum absolute atomic E-state index is 9.75. The molecule has 206 valence electrons. The number of hydrogen-bond donors (Lipinski definition) is 0. The molecule has 1 heterocycles. The van der Waals surface area contributed by atoms with Crippen molar-refractivity contribution in [1.29, 1.82) is 0 Å². The molecule has 41 heavy (non-hydrogen) atoms. The van der Waals surface area contributed by atoms with Gasteiger partial charge in [0.25, 0.3) is 0 Å². The van der Waals surface area contributed by atoms with E-state index in [9.17, 15) is 17.3 Å². The van der Waals surface area contributed by atoms with Crippen molar-refractivity contribution in [2.24, 2.45) is 0 Å². The normalized spacial score (nSPS) is 13.2. The van der Waals surface area contributed by atoms with Gasteiger partial charge in [0.1, 0.15) is 0 Å². The number of aromatic nitrogens is 1. The van der Waals surface area contributed by atoms with E-state index in [-0.39, 0.29) is 0 Å². The van der Waals surface area contributed by atoms with Crippen LogP contribution in [0.3, 0.4) is 0 Å². The van der Waals surface area contributed by atoms with Gasteiger partial charge in [-0.15, -0.1) is 0 Å². The highest BCUT2D eigenvalue weighted by atomic mass is 19.5. The third-order valence-electron chi connectivity index (χ3n) is 8.07. The molecule has 0 unspecified atom stereocenters. The zero-order valence-electron chi connectivity index (χ0n) is 22.9. The maximum Gasteiger partial charge on any atom is 0.673 e. The minimum absolute atomic E-state index is 0.878. The van der Waals surface area contributed by atoms with Gasteiger partial charge in [-0.3, -0.25) is 0 Å². The van der Waals surface area contributed by atoms with E-state index < -0.39 is 7.25 Å². The van der Waals surface area contributed by atoms with E-state index in [1.807, 2.05) is 0 Å². The van der Waals surface area contributed by atoms with Crippen molar-refractivity contribution >= 4 is 7.25 Å². The molecule has 1 aromatic heterocycles. The first-order valence-electron chi connectivity index (χ1n) is 14.0. The topological polar surface area (TPSA) is 3.88 Å². The van der Waals surface area contributed by atoms with E-state index in [4.69, 9.17) is 0 Å². The maximum atomic E-state index is 9.75. The van der Waals surface area contributed by atoms with Gasteiger partial charge in [0, 0.05) is 33.4 Å². The van der Waals surface area contributed by atoms with Gasteiger partial charge in [-0.2, -0.15) is 4.57 Å². The minimum atomic E-state index is -6.00. The average Bonchev–Trinajstić information content (AvgIpc) is 2.97. The Morgan fingerprint density at radius 1 is 0.585 bits per heavy atom. The van der Waals surface area contributed by atoms with Crippen molar-refractivity contribution in [1.82, 2.24) is 0 Å². The monoisotopic (exact) mass is 551 g/mol. The first-order valence-corrected chi connectivity index (χ1v) is 14.0. The van der Waals surface area contributed by atoms with Crippen LogP contribution in [-0.4, -0.2) is 7.25 Å². The second-order valence-corrected chi connectivity index (χ2v) is 10.8. The minimum Gasteiger partial charge on any atom is -0.418 e. The summed E-state index contributed by atoms with van der Waals surface area (Å²) < 4.78 is 41.7. The van der Waals surface area contributed by atoms with Crippen molar-refractivity contribution in [3.63, 3.8) is 0 Å². The lowest BCUT2D eigenvalue weighted by Crippen LogP contribution is -2.44. The molecule has 1 nitrogen and oxygen atoms in total. The summed E-state index contributed by atoms with van der Waals surface area (Å²) in [5, 5.41) is 0. The van der Waals surface area contributed by atoms with Crippen molar-refractivity contribution in [3.05, 3.63) is 137 Å². The fourth-order valence-corrected chi connectivity index (χ4v) is 6.40. The lowest BCUT2D eigenvalue weighted by atomic mass is 9.77. The fourth-order valence-electron chi connectivity index (χ4n) is 6.40. The van der Waals surface area contributed by atoms with Crippen LogP contribution >= 0.6 is 0 Å². The van der Waals surface area contributed by atoms with E-state index in [0.717, 1.165) is 32.2 Å². The second kappa shape index (κ2) is 11.0. The van der Waals surface area contributed by atoms with Crippen LogP contribution in [0.15, 0.2) is 103 Å². The predicted molar refractivity (Wildman–Crippen MR) is 158 cm³/mol. The number of hydrogen-bond acceptors (Lipinski definition) is 0. The highest BCUT2D eigenvalue weighted by molar-refractivity contribution is 6.50. The molecule has 0 bridgehead atoms. The SMILES string of the molecule is Cc1ccc(C[n+]2c3c(c(-c4ccccc4)c4c2-c2ccccc2CC4)CCc2ccccc2-3)cc1.F[B-](F)(F)F. The first-order chi connectivity index (χ1) is 19.8. The highest BCUT2D eigenvalue weighted by Crippen LogP contribution is 2.44. The number of aryl methyl sites for hydroxylation is 3. The molecule has 2 aliphatic rings. The van der Waals surface area contributed by atoms with Crippen molar-refractivity contribution < 1.29 is 21.8 Å². The molecule has 5 aromatic rings. The van der Waals surface area contributed by atoms with E-state index in [0.29, 0.717) is 0 Å². The predicted octanol–water partition coefficient (Wildman–Crippen LogP) is 8.83. The summed E-state index contributed by atoms with van der Waals surface area (Å²) in [6.45, 7) is 3.05. The van der Waals surface area contributed by atoms with Crippen LogP contribution in [0, 0.1) is 6.92 Å². The summed E-state index contributed by atoms with van der Waals surface area (Å²) in [6.07, 6.45) is 4.37. The van der Waals surface area contributed by atoms with Crippen LogP contribution < -0.4 is 4.57 Å². The van der Waals surface area contributed by atoms with Gasteiger partial charge in [-0.25, -0.2) is 0 Å². The zero-order chi connectivity index (χ0) is 28.6. The molecular formula is C35H30BF4N. The van der Waals surface area contributed by atoms with Gasteiger partial charge in [-0.1, -0.05) is 96.6 Å². The number of halogens is 4. The molecule has 0 aliphatic heterocycles. The van der Waals surface area contributed by atoms with Gasteiger partial charge in [0.2, 0.25) is 11.4 Å². The molecule has 0 atom stereocenters. The summed E-state index contributed by atoms with van der Waals surface area (Å²) in [5.74, 6) is 0. The standard InChI is InChI=1S/C35H30N.BF4/c1-24-15-17-25(18-16-24)23-36-34-29-13-7-5-9-26(29)19-21-31(34)33(28-11-3-2-4-12-28)32-22-20-27-10-6-8-14-30(27)35(32)36;2-1(3,4)5/h2-18H,19-23H2,1H3;/q+1;-1. The van der Waals surface area contributed by atoms with E-state index in [1.54, 1.807) is 0 Å². The molecule has 4 aromatic carbocycles. The average molecular weight is 551 g/mol. The Kier molecular flexibility index (Phi) is 7.25. The van der Waals surface area contributed by atoms with Gasteiger partial charge < -0.3 is 17.3 Å². The zero-order valence-corrected chi connectivity index (χ0v) is 22.9. The Bertz CT molecular complexity index is 1630. The Hall–Kier alpha value is -4.19. The van der Waals surface area contributed by atoms with Crippen molar-refractivity contribution in [2.75, 3.05) is 0 Å². The molecule has 7 rings (SSSR count). The summed E-state index contributed by atoms with van der Waals surface area (Å²) in [7, 11) is -6.00. The Morgan fingerprint density at radius 3 is 1.56 bits per heavy atom. The molecule has 6 heteroatoms. The van der Waals surface area contributed by atoms with E-state index >= 15 is 0 Å². The first kappa shape index (κ1) is 27.0. The molecule has 0 spiro atoms. The number of rotatable bonds is 3. The lowest BCUT2D eigenvalue weighted by molar-refractivity contribution is -0.667. The molecule has 0 saturated heterocycles. The third-order valence-corrected chi connectivity index (χ3v) is 8.07. The second-order valence-electron chi connectivity index (χ2n) is 10.8. The quantitative estimate of drug-likeness (QED) is 0.120. The summed E-state index contributed by atoms with van der Waals surface area (Å²) in [4.78, 5) is 0. The molecule has 0 saturated carbocycles. The van der Waals surface area contributed by atoms with E-state index in [2.05, 4.69) is 115 Å². The summed E-state index contributed by atoms with van der Waals surface area (Å²) in [5.41, 5.74) is 17.1. The lowest BCUT2D eigenvalue weighted by Gasteiger charge is -2.28. The number of nitrogens with zero attached hydrogens (tertiary/aromatic N) is 1. The molecule has 0 radical (unpaired) electrons. The van der Waals surface area contributed by atoms with Crippen LogP contribution in [0.4, 0.5) is 17.3 Å². The molecule has 0 fully saturated rings. The molecule has 0 N–H and O–H groups in total. The van der Waals surface area contributed by atoms with Crippen molar-refractivity contribution in [3.8, 4) is 33.6 Å². The largest absolute Gasteiger partial charge is 0.673 e. The summed E-state index contributed by atoms with van der Waals surface area (Å²) in [6, 6.07) is 38.4. The van der Waals surface area contributed by atoms with Gasteiger partial charge in [0.15, 0.2) is 6.54 Å². The van der Waals surface area contributed by atoms with Crippen LogP contribution in [0.25, 0.3) is 33.6 Å². The fraction of sp³-hybridized carbons (Fsp3) is 0.171. The highest BCUT2D eigenvalue weighted by Gasteiger charge is 2.37. The Balaban J connectivity index is 0.000000559. The van der Waals surface area contributed by atoms with Crippen LogP contribution in [0.1, 0.15) is 33.4 Å². The molecule has 2 aliphatic carbocycles. The van der Waals surface area contributed by atoms with Crippen LogP contribution in [0.2, 0.25) is 0 Å². The summed E-state index contributed by atoms with van der Waals surface area (Å²) >= 11 is 0. The number of benzene rings is 4. The van der Waals surface area contributed by atoms with Gasteiger partial charge in [0.05, 0.1) is 0 Å². The Morgan fingerprint density at radius 2 is 1.05 bits per heavy atom. The number of pyridine rings is 1. The van der Waals surface area contributed by atoms with Gasteiger partial charge in [-0.05, 0) is 61.4 Å². The third kappa shape index (κ3) is 5.56. The van der Waals surface area contributed by atoms with Crippen molar-refractivity contribution in [2.45, 2.75) is 39.2 Å². The Labute approximate surface area is 238 Å². The van der Waals surface area contributed by atoms with Crippen LogP contribution in [0.5, 0.6) is 0 Å².